The van der Waals surface area contributed by atoms with Crippen LogP contribution in [0.3, 0.4) is 0 Å². The molecule has 88 valence electrons. The van der Waals surface area contributed by atoms with Crippen LogP contribution in [0.4, 0.5) is 5.13 Å². The van der Waals surface area contributed by atoms with Crippen molar-refractivity contribution >= 4 is 34.0 Å². The van der Waals surface area contributed by atoms with Crippen molar-refractivity contribution in [3.8, 4) is 0 Å². The molecule has 1 aliphatic heterocycles. The molecule has 0 spiro atoms. The van der Waals surface area contributed by atoms with Crippen molar-refractivity contribution in [3.63, 3.8) is 0 Å². The van der Waals surface area contributed by atoms with E-state index in [4.69, 9.17) is 16.7 Å². The molecule has 1 saturated heterocycles. The number of hydrogen-bond acceptors (Lipinski definition) is 4. The van der Waals surface area contributed by atoms with E-state index in [0.717, 1.165) is 30.2 Å². The van der Waals surface area contributed by atoms with Crippen molar-refractivity contribution in [1.29, 1.82) is 0 Å². The molecule has 0 amide bonds. The topological polar surface area (TPSA) is 53.4 Å². The Hall–Kier alpha value is -0.810. The van der Waals surface area contributed by atoms with Gasteiger partial charge in [0.2, 0.25) is 0 Å². The molecule has 6 heteroatoms. The van der Waals surface area contributed by atoms with Gasteiger partial charge in [0.05, 0.1) is 17.5 Å². The maximum Gasteiger partial charge on any atom is 0.308 e. The molecule has 2 heterocycles. The second-order valence-electron chi connectivity index (χ2n) is 3.88. The fraction of sp³-hybridized carbons (Fsp3) is 0.600. The van der Waals surface area contributed by atoms with Crippen molar-refractivity contribution < 1.29 is 9.90 Å². The first kappa shape index (κ1) is 11.7. The van der Waals surface area contributed by atoms with Gasteiger partial charge in [-0.3, -0.25) is 4.79 Å². The molecule has 4 nitrogen and oxygen atoms in total. The summed E-state index contributed by atoms with van der Waals surface area (Å²) in [5.41, 5.74) is 0.860. The first-order chi connectivity index (χ1) is 7.70. The first-order valence-corrected chi connectivity index (χ1v) is 6.60. The summed E-state index contributed by atoms with van der Waals surface area (Å²) in [5, 5.41) is 11.8. The number of aliphatic carboxylic acids is 1. The van der Waals surface area contributed by atoms with Gasteiger partial charge in [-0.05, 0) is 12.8 Å². The summed E-state index contributed by atoms with van der Waals surface area (Å²) < 4.78 is 0. The molecule has 16 heavy (non-hydrogen) atoms. The van der Waals surface area contributed by atoms with Crippen molar-refractivity contribution in [3.05, 3.63) is 11.1 Å². The highest BCUT2D eigenvalue weighted by Gasteiger charge is 2.26. The maximum atomic E-state index is 10.9. The lowest BCUT2D eigenvalue weighted by atomic mass is 9.99. The minimum absolute atomic E-state index is 0.267. The molecule has 0 saturated carbocycles. The van der Waals surface area contributed by atoms with E-state index in [-0.39, 0.29) is 5.92 Å². The number of aromatic nitrogens is 1. The van der Waals surface area contributed by atoms with E-state index in [2.05, 4.69) is 4.98 Å². The van der Waals surface area contributed by atoms with Gasteiger partial charge >= 0.3 is 5.97 Å². The van der Waals surface area contributed by atoms with E-state index >= 15 is 0 Å². The van der Waals surface area contributed by atoms with Crippen molar-refractivity contribution in [2.75, 3.05) is 18.0 Å². The summed E-state index contributed by atoms with van der Waals surface area (Å²) in [5.74, 6) is -0.567. The summed E-state index contributed by atoms with van der Waals surface area (Å²) in [7, 11) is 0. The van der Waals surface area contributed by atoms with E-state index in [1.165, 1.54) is 11.3 Å². The predicted molar refractivity (Wildman–Crippen MR) is 64.2 cm³/mol. The van der Waals surface area contributed by atoms with Crippen LogP contribution >= 0.6 is 22.9 Å². The van der Waals surface area contributed by atoms with E-state index in [9.17, 15) is 4.79 Å². The molecule has 1 atom stereocenters. The Morgan fingerprint density at radius 1 is 1.75 bits per heavy atom. The number of thiazole rings is 1. The monoisotopic (exact) mass is 260 g/mol. The summed E-state index contributed by atoms with van der Waals surface area (Å²) >= 11 is 7.22. The van der Waals surface area contributed by atoms with Gasteiger partial charge in [-0.25, -0.2) is 4.98 Å². The highest BCUT2D eigenvalue weighted by molar-refractivity contribution is 7.13. The Labute approximate surface area is 103 Å². The number of hydrogen-bond donors (Lipinski definition) is 1. The largest absolute Gasteiger partial charge is 0.481 e. The van der Waals surface area contributed by atoms with Crippen LogP contribution in [0.1, 0.15) is 18.5 Å². The van der Waals surface area contributed by atoms with Gasteiger partial charge in [0.25, 0.3) is 0 Å². The molecule has 0 bridgehead atoms. The minimum Gasteiger partial charge on any atom is -0.481 e. The SMILES string of the molecule is O=C(O)C1CCCN(c2nc(CCl)cs2)C1. The molecule has 1 aliphatic rings. The summed E-state index contributed by atoms with van der Waals surface area (Å²) in [6.07, 6.45) is 1.67. The number of anilines is 1. The number of carboxylic acids is 1. The number of piperidine rings is 1. The number of halogens is 1. The van der Waals surface area contributed by atoms with Gasteiger partial charge in [-0.2, -0.15) is 0 Å². The van der Waals surface area contributed by atoms with E-state index < -0.39 is 5.97 Å². The Bertz CT molecular complexity index is 383. The lowest BCUT2D eigenvalue weighted by Crippen LogP contribution is -2.38. The van der Waals surface area contributed by atoms with Gasteiger partial charge in [0.1, 0.15) is 0 Å². The van der Waals surface area contributed by atoms with Crippen LogP contribution in [0.25, 0.3) is 0 Å². The van der Waals surface area contributed by atoms with Crippen LogP contribution in [0, 0.1) is 5.92 Å². The molecular formula is C10H13ClN2O2S. The van der Waals surface area contributed by atoms with Gasteiger partial charge in [0.15, 0.2) is 5.13 Å². The van der Waals surface area contributed by atoms with E-state index in [1.807, 2.05) is 10.3 Å². The normalized spacial score (nSPS) is 21.1. The Morgan fingerprint density at radius 3 is 3.19 bits per heavy atom. The third kappa shape index (κ3) is 2.47. The van der Waals surface area contributed by atoms with Gasteiger partial charge in [-0.15, -0.1) is 22.9 Å². The Balaban J connectivity index is 2.06. The van der Waals surface area contributed by atoms with Gasteiger partial charge in [-0.1, -0.05) is 0 Å². The first-order valence-electron chi connectivity index (χ1n) is 5.19. The fourth-order valence-corrected chi connectivity index (χ4v) is 2.95. The summed E-state index contributed by atoms with van der Waals surface area (Å²) in [6.45, 7) is 1.45. The number of nitrogens with zero attached hydrogens (tertiary/aromatic N) is 2. The van der Waals surface area contributed by atoms with Gasteiger partial charge < -0.3 is 10.0 Å². The maximum absolute atomic E-state index is 10.9. The highest BCUT2D eigenvalue weighted by atomic mass is 35.5. The van der Waals surface area contributed by atoms with Crippen molar-refractivity contribution in [2.24, 2.45) is 5.92 Å². The zero-order valence-electron chi connectivity index (χ0n) is 8.73. The molecule has 1 fully saturated rings. The Kier molecular flexibility index (Phi) is 3.66. The van der Waals surface area contributed by atoms with Crippen molar-refractivity contribution in [1.82, 2.24) is 4.98 Å². The van der Waals surface area contributed by atoms with Crippen LogP contribution in [0.5, 0.6) is 0 Å². The summed E-state index contributed by atoms with van der Waals surface area (Å²) in [6, 6.07) is 0. The zero-order chi connectivity index (χ0) is 11.5. The van der Waals surface area contributed by atoms with E-state index in [1.54, 1.807) is 0 Å². The predicted octanol–water partition coefficient (Wildman–Crippen LogP) is 2.18. The second kappa shape index (κ2) is 5.01. The van der Waals surface area contributed by atoms with Crippen LogP contribution < -0.4 is 4.90 Å². The van der Waals surface area contributed by atoms with Crippen LogP contribution in [-0.4, -0.2) is 29.1 Å². The molecule has 1 aromatic heterocycles. The molecule has 1 aromatic rings. The van der Waals surface area contributed by atoms with Crippen LogP contribution in [0.15, 0.2) is 5.38 Å². The number of carbonyl (C=O) groups is 1. The smallest absolute Gasteiger partial charge is 0.308 e. The lowest BCUT2D eigenvalue weighted by molar-refractivity contribution is -0.141. The third-order valence-corrected chi connectivity index (χ3v) is 3.94. The fourth-order valence-electron chi connectivity index (χ4n) is 1.86. The lowest BCUT2D eigenvalue weighted by Gasteiger charge is -2.30. The standard InChI is InChI=1S/C10H13ClN2O2S/c11-4-8-6-16-10(12-8)13-3-1-2-7(5-13)9(14)15/h6-7H,1-5H2,(H,14,15). The number of carboxylic acid groups (broad SMARTS) is 1. The number of rotatable bonds is 3. The minimum atomic E-state index is -0.709. The van der Waals surface area contributed by atoms with Gasteiger partial charge in [0, 0.05) is 18.5 Å². The molecule has 1 unspecified atom stereocenters. The highest BCUT2D eigenvalue weighted by Crippen LogP contribution is 2.26. The summed E-state index contributed by atoms with van der Waals surface area (Å²) in [4.78, 5) is 17.3. The average Bonchev–Trinajstić information content (AvgIpc) is 2.77. The molecule has 0 aliphatic carbocycles. The average molecular weight is 261 g/mol. The molecule has 2 rings (SSSR count). The molecule has 0 radical (unpaired) electrons. The molecule has 0 aromatic carbocycles. The van der Waals surface area contributed by atoms with Crippen LogP contribution in [0.2, 0.25) is 0 Å². The quantitative estimate of drug-likeness (QED) is 0.847. The van der Waals surface area contributed by atoms with Crippen LogP contribution in [-0.2, 0) is 10.7 Å². The van der Waals surface area contributed by atoms with E-state index in [0.29, 0.717) is 12.4 Å². The second-order valence-corrected chi connectivity index (χ2v) is 4.98. The third-order valence-electron chi connectivity index (χ3n) is 2.72. The molecular weight excluding hydrogens is 248 g/mol. The zero-order valence-corrected chi connectivity index (χ0v) is 10.3. The van der Waals surface area contributed by atoms with Crippen molar-refractivity contribution in [2.45, 2.75) is 18.7 Å². The Morgan fingerprint density at radius 2 is 2.56 bits per heavy atom. The molecule has 1 N–H and O–H groups in total. The number of alkyl halides is 1.